The number of imidazole rings is 1. The topological polar surface area (TPSA) is 67.1 Å². The zero-order valence-electron chi connectivity index (χ0n) is 17.2. The van der Waals surface area contributed by atoms with Gasteiger partial charge in [-0.25, -0.2) is 4.98 Å². The highest BCUT2D eigenvalue weighted by Crippen LogP contribution is 2.33. The number of aliphatic hydroxyl groups excluding tert-OH is 1. The van der Waals surface area contributed by atoms with Crippen LogP contribution in [0.4, 0.5) is 0 Å². The Morgan fingerprint density at radius 2 is 2.00 bits per heavy atom. The number of carbonyl (C=O) groups excluding carboxylic acids is 1. The molecule has 158 valence electrons. The lowest BCUT2D eigenvalue weighted by atomic mass is 9.78. The van der Waals surface area contributed by atoms with Crippen molar-refractivity contribution < 1.29 is 14.6 Å². The first kappa shape index (κ1) is 20.4. The van der Waals surface area contributed by atoms with E-state index in [9.17, 15) is 9.90 Å². The van der Waals surface area contributed by atoms with Gasteiger partial charge in [0.15, 0.2) is 0 Å². The minimum Gasteiger partial charge on any atom is -0.494 e. The summed E-state index contributed by atoms with van der Waals surface area (Å²) in [4.78, 5) is 19.4. The van der Waals surface area contributed by atoms with Crippen LogP contribution in [0.1, 0.15) is 31.4 Å². The van der Waals surface area contributed by atoms with Gasteiger partial charge in [0.2, 0.25) is 5.91 Å². The van der Waals surface area contributed by atoms with Gasteiger partial charge in [-0.2, -0.15) is 0 Å². The number of piperidine rings is 1. The van der Waals surface area contributed by atoms with Crippen molar-refractivity contribution >= 4 is 11.6 Å². The van der Waals surface area contributed by atoms with Gasteiger partial charge in [0.1, 0.15) is 11.4 Å². The summed E-state index contributed by atoms with van der Waals surface area (Å²) in [7, 11) is 0. The van der Waals surface area contributed by atoms with Crippen LogP contribution in [-0.2, 0) is 11.2 Å². The number of nitrogens with zero attached hydrogens (tertiary/aromatic N) is 3. The average Bonchev–Trinajstić information content (AvgIpc) is 3.21. The second kappa shape index (κ2) is 9.30. The fourth-order valence-electron chi connectivity index (χ4n) is 4.24. The van der Waals surface area contributed by atoms with Crippen molar-refractivity contribution in [3.05, 3.63) is 66.6 Å². The third-order valence-electron chi connectivity index (χ3n) is 6.00. The molecule has 1 aliphatic heterocycles. The number of para-hydroxylation sites is 1. The Labute approximate surface area is 177 Å². The standard InChI is InChI=1S/C24H29N3O3/c28-19-24(13-16-30-21-7-2-1-3-8-21)12-6-15-27(18-24)23(29)11-10-20-17-26-14-5-4-9-22(26)25-20/h1-5,7-9,14,17,28H,6,10-13,15-16,18-19H2. The molecule has 0 radical (unpaired) electrons. The van der Waals surface area contributed by atoms with E-state index >= 15 is 0 Å². The van der Waals surface area contributed by atoms with Crippen LogP contribution in [0.5, 0.6) is 5.75 Å². The maximum Gasteiger partial charge on any atom is 0.222 e. The Morgan fingerprint density at radius 3 is 2.80 bits per heavy atom. The number of benzene rings is 1. The fraction of sp³-hybridized carbons (Fsp3) is 0.417. The molecule has 1 saturated heterocycles. The van der Waals surface area contributed by atoms with Gasteiger partial charge in [-0.1, -0.05) is 24.3 Å². The van der Waals surface area contributed by atoms with Crippen molar-refractivity contribution in [1.29, 1.82) is 0 Å². The minimum atomic E-state index is -0.286. The first-order valence-electron chi connectivity index (χ1n) is 10.7. The fourth-order valence-corrected chi connectivity index (χ4v) is 4.24. The second-order valence-corrected chi connectivity index (χ2v) is 8.19. The average molecular weight is 408 g/mol. The Bertz CT molecular complexity index is 939. The first-order chi connectivity index (χ1) is 14.7. The van der Waals surface area contributed by atoms with Gasteiger partial charge in [-0.05, 0) is 49.9 Å². The molecule has 6 heteroatoms. The van der Waals surface area contributed by atoms with Crippen LogP contribution in [0.3, 0.4) is 0 Å². The van der Waals surface area contributed by atoms with Crippen molar-refractivity contribution in [3.8, 4) is 5.75 Å². The lowest BCUT2D eigenvalue weighted by Crippen LogP contribution is -2.48. The van der Waals surface area contributed by atoms with Crippen LogP contribution < -0.4 is 4.74 Å². The highest BCUT2D eigenvalue weighted by molar-refractivity contribution is 5.76. The molecule has 0 bridgehead atoms. The van der Waals surface area contributed by atoms with Gasteiger partial charge in [0, 0.05) is 37.3 Å². The van der Waals surface area contributed by atoms with Crippen LogP contribution in [0, 0.1) is 5.41 Å². The van der Waals surface area contributed by atoms with Gasteiger partial charge >= 0.3 is 0 Å². The molecule has 1 aromatic carbocycles. The molecule has 0 aliphatic carbocycles. The Hall–Kier alpha value is -2.86. The summed E-state index contributed by atoms with van der Waals surface area (Å²) in [6.07, 6.45) is 7.56. The molecule has 6 nitrogen and oxygen atoms in total. The highest BCUT2D eigenvalue weighted by Gasteiger charge is 2.36. The number of rotatable bonds is 8. The number of amides is 1. The van der Waals surface area contributed by atoms with Crippen LogP contribution in [0.15, 0.2) is 60.9 Å². The molecule has 0 saturated carbocycles. The molecule has 1 atom stereocenters. The number of aryl methyl sites for hydroxylation is 1. The number of hydrogen-bond donors (Lipinski definition) is 1. The van der Waals surface area contributed by atoms with E-state index in [-0.39, 0.29) is 17.9 Å². The summed E-state index contributed by atoms with van der Waals surface area (Å²) in [5.41, 5.74) is 1.54. The number of pyridine rings is 1. The van der Waals surface area contributed by atoms with Crippen molar-refractivity contribution in [3.63, 3.8) is 0 Å². The number of likely N-dealkylation sites (tertiary alicyclic amines) is 1. The monoisotopic (exact) mass is 407 g/mol. The van der Waals surface area contributed by atoms with Crippen LogP contribution in [0.2, 0.25) is 0 Å². The zero-order chi connectivity index (χ0) is 20.8. The molecule has 30 heavy (non-hydrogen) atoms. The largest absolute Gasteiger partial charge is 0.494 e. The van der Waals surface area contributed by atoms with Gasteiger partial charge in [-0.15, -0.1) is 0 Å². The second-order valence-electron chi connectivity index (χ2n) is 8.19. The number of carbonyl (C=O) groups is 1. The number of fused-ring (bicyclic) bond motifs is 1. The predicted octanol–water partition coefficient (Wildman–Crippen LogP) is 3.34. The summed E-state index contributed by atoms with van der Waals surface area (Å²) in [6.45, 7) is 1.95. The van der Waals surface area contributed by atoms with Gasteiger partial charge in [0.05, 0.1) is 18.9 Å². The van der Waals surface area contributed by atoms with Crippen LogP contribution >= 0.6 is 0 Å². The number of aliphatic hydroxyl groups is 1. The van der Waals surface area contributed by atoms with Crippen molar-refractivity contribution in [1.82, 2.24) is 14.3 Å². The Morgan fingerprint density at radius 1 is 1.17 bits per heavy atom. The summed E-state index contributed by atoms with van der Waals surface area (Å²) in [5, 5.41) is 10.1. The third-order valence-corrected chi connectivity index (χ3v) is 6.00. The summed E-state index contributed by atoms with van der Waals surface area (Å²) >= 11 is 0. The molecule has 2 aromatic heterocycles. The Balaban J connectivity index is 1.31. The molecule has 1 unspecified atom stereocenters. The zero-order valence-corrected chi connectivity index (χ0v) is 17.2. The SMILES string of the molecule is O=C(CCc1cn2ccccc2n1)N1CCCC(CO)(CCOc2ccccc2)C1. The van der Waals surface area contributed by atoms with E-state index in [2.05, 4.69) is 4.98 Å². The smallest absolute Gasteiger partial charge is 0.222 e. The first-order valence-corrected chi connectivity index (χ1v) is 10.7. The normalized spacial score (nSPS) is 19.2. The molecule has 3 aromatic rings. The quantitative estimate of drug-likeness (QED) is 0.622. The van der Waals surface area contributed by atoms with E-state index in [4.69, 9.17) is 4.74 Å². The van der Waals surface area contributed by atoms with E-state index in [1.165, 1.54) is 0 Å². The van der Waals surface area contributed by atoms with E-state index in [1.807, 2.05) is 70.2 Å². The molecular formula is C24H29N3O3. The van der Waals surface area contributed by atoms with Gasteiger partial charge in [0.25, 0.3) is 0 Å². The molecule has 1 N–H and O–H groups in total. The number of aromatic nitrogens is 2. The lowest BCUT2D eigenvalue weighted by Gasteiger charge is -2.42. The Kier molecular flexibility index (Phi) is 6.33. The number of hydrogen-bond acceptors (Lipinski definition) is 4. The maximum atomic E-state index is 12.9. The minimum absolute atomic E-state index is 0.0708. The molecule has 3 heterocycles. The molecule has 1 fully saturated rings. The van der Waals surface area contributed by atoms with Gasteiger partial charge < -0.3 is 19.1 Å². The van der Waals surface area contributed by atoms with Crippen molar-refractivity contribution in [2.45, 2.75) is 32.1 Å². The highest BCUT2D eigenvalue weighted by atomic mass is 16.5. The van der Waals surface area contributed by atoms with Crippen molar-refractivity contribution in [2.24, 2.45) is 5.41 Å². The molecule has 4 rings (SSSR count). The number of ether oxygens (including phenoxy) is 1. The third kappa shape index (κ3) is 4.82. The predicted molar refractivity (Wildman–Crippen MR) is 115 cm³/mol. The van der Waals surface area contributed by atoms with E-state index < -0.39 is 0 Å². The van der Waals surface area contributed by atoms with Gasteiger partial charge in [-0.3, -0.25) is 4.79 Å². The lowest BCUT2D eigenvalue weighted by molar-refractivity contribution is -0.135. The van der Waals surface area contributed by atoms with E-state index in [1.54, 1.807) is 0 Å². The molecule has 1 aliphatic rings. The molecule has 1 amide bonds. The van der Waals surface area contributed by atoms with Crippen LogP contribution in [0.25, 0.3) is 5.65 Å². The summed E-state index contributed by atoms with van der Waals surface area (Å²) < 4.78 is 7.82. The molecule has 0 spiro atoms. The van der Waals surface area contributed by atoms with E-state index in [0.29, 0.717) is 26.0 Å². The summed E-state index contributed by atoms with van der Waals surface area (Å²) in [5.74, 6) is 0.968. The maximum absolute atomic E-state index is 12.9. The summed E-state index contributed by atoms with van der Waals surface area (Å²) in [6, 6.07) is 15.6. The van der Waals surface area contributed by atoms with E-state index in [0.717, 1.165) is 42.9 Å². The van der Waals surface area contributed by atoms with Crippen LogP contribution in [-0.4, -0.2) is 51.6 Å². The molecular weight excluding hydrogens is 378 g/mol. The van der Waals surface area contributed by atoms with Crippen molar-refractivity contribution in [2.75, 3.05) is 26.3 Å².